The van der Waals surface area contributed by atoms with Crippen LogP contribution in [0.4, 0.5) is 0 Å². The van der Waals surface area contributed by atoms with Gasteiger partial charge in [-0.25, -0.2) is 0 Å². The second-order valence-electron chi connectivity index (χ2n) is 7.55. The molecule has 0 N–H and O–H groups in total. The predicted molar refractivity (Wildman–Crippen MR) is 95.6 cm³/mol. The Bertz CT molecular complexity index is 589. The van der Waals surface area contributed by atoms with E-state index in [1.165, 1.54) is 0 Å². The van der Waals surface area contributed by atoms with E-state index < -0.39 is 12.3 Å². The van der Waals surface area contributed by atoms with Crippen LogP contribution in [0.2, 0.25) is 0 Å². The zero-order valence-electron chi connectivity index (χ0n) is 14.1. The maximum Gasteiger partial charge on any atom is 0.291 e. The Labute approximate surface area is 156 Å². The van der Waals surface area contributed by atoms with Crippen LogP contribution in [-0.4, -0.2) is 41.1 Å². The lowest BCUT2D eigenvalue weighted by molar-refractivity contribution is -0.429. The van der Waals surface area contributed by atoms with Gasteiger partial charge in [0.1, 0.15) is 18.3 Å². The van der Waals surface area contributed by atoms with Crippen molar-refractivity contribution in [1.82, 2.24) is 0 Å². The van der Waals surface area contributed by atoms with E-state index >= 15 is 0 Å². The van der Waals surface area contributed by atoms with Crippen LogP contribution in [0.5, 0.6) is 0 Å². The summed E-state index contributed by atoms with van der Waals surface area (Å²) in [5, 5.41) is 0. The second kappa shape index (κ2) is 6.17. The predicted octanol–water partition coefficient (Wildman–Crippen LogP) is 3.25. The number of halogens is 1. The zero-order valence-corrected chi connectivity index (χ0v) is 16.3. The maximum absolute atomic E-state index is 6.33. The van der Waals surface area contributed by atoms with Crippen LogP contribution in [-0.2, 0) is 30.3 Å². The minimum Gasteiger partial charge on any atom is -0.368 e. The first-order chi connectivity index (χ1) is 11.4. The molecule has 1 aromatic rings. The smallest absolute Gasteiger partial charge is 0.291 e. The lowest BCUT2D eigenvalue weighted by atomic mass is 9.91. The largest absolute Gasteiger partial charge is 0.368 e. The fourth-order valence-corrected chi connectivity index (χ4v) is 4.16. The first-order valence-electron chi connectivity index (χ1n) is 8.34. The van der Waals surface area contributed by atoms with E-state index in [1.54, 1.807) is 0 Å². The van der Waals surface area contributed by atoms with Gasteiger partial charge in [-0.3, -0.25) is 4.74 Å². The van der Waals surface area contributed by atoms with Gasteiger partial charge in [-0.05, 0) is 5.56 Å². The number of rotatable bonds is 4. The highest BCUT2D eigenvalue weighted by molar-refractivity contribution is 14.1. The van der Waals surface area contributed by atoms with E-state index in [4.69, 9.17) is 23.7 Å². The Morgan fingerprint density at radius 3 is 2.46 bits per heavy atom. The van der Waals surface area contributed by atoms with Gasteiger partial charge in [0.2, 0.25) is 0 Å². The molecule has 5 nitrogen and oxygen atoms in total. The Kier molecular flexibility index (Phi) is 4.42. The molecule has 3 fully saturated rings. The zero-order chi connectivity index (χ0) is 16.9. The Hall–Kier alpha value is -0.250. The molecular weight excluding hydrogens is 423 g/mol. The molecule has 3 aliphatic heterocycles. The number of hydrogen-bond acceptors (Lipinski definition) is 5. The van der Waals surface area contributed by atoms with E-state index in [1.807, 2.05) is 18.2 Å². The molecule has 3 heterocycles. The van der Waals surface area contributed by atoms with Gasteiger partial charge in [-0.2, -0.15) is 0 Å². The SMILES string of the molecule is CC(C)(C)C12OC3O[C@H](CI)[C@@H](O1)[C@H](OCc1ccccc1)[C@H]3O2. The number of ether oxygens (including phenoxy) is 5. The van der Waals surface area contributed by atoms with Crippen molar-refractivity contribution in [2.75, 3.05) is 4.43 Å². The van der Waals surface area contributed by atoms with Crippen molar-refractivity contribution < 1.29 is 23.7 Å². The van der Waals surface area contributed by atoms with Crippen molar-refractivity contribution in [2.24, 2.45) is 5.41 Å². The van der Waals surface area contributed by atoms with Crippen molar-refractivity contribution in [3.05, 3.63) is 35.9 Å². The van der Waals surface area contributed by atoms with Crippen LogP contribution in [0.1, 0.15) is 26.3 Å². The summed E-state index contributed by atoms with van der Waals surface area (Å²) in [4.78, 5) is 0. The fourth-order valence-electron chi connectivity index (χ4n) is 3.45. The topological polar surface area (TPSA) is 46.2 Å². The molecule has 6 heteroatoms. The van der Waals surface area contributed by atoms with Crippen molar-refractivity contribution in [1.29, 1.82) is 0 Å². The van der Waals surface area contributed by atoms with Crippen LogP contribution in [0.25, 0.3) is 0 Å². The van der Waals surface area contributed by atoms with E-state index in [9.17, 15) is 0 Å². The molecule has 4 rings (SSSR count). The normalized spacial score (nSPS) is 40.9. The molecule has 3 saturated heterocycles. The molecule has 0 spiro atoms. The number of benzene rings is 1. The summed E-state index contributed by atoms with van der Waals surface area (Å²) in [5.41, 5.74) is 0.818. The molecular formula is C18H23IO5. The average Bonchev–Trinajstić information content (AvgIpc) is 2.77. The number of fused-ring (bicyclic) bond motifs is 2. The highest BCUT2D eigenvalue weighted by Gasteiger charge is 2.69. The molecule has 3 bridgehead atoms. The standard InChI is InChI=1S/C18H23IO5/c1-17(2,3)18-22-13-12(9-19)21-16(24-18)15(23-18)14(13)20-10-11-7-5-4-6-8-11/h4-8,12-16H,9-10H2,1-3H3/t12-,13-,14+,15-,16?,18?/m1/s1. The third-order valence-corrected chi connectivity index (χ3v) is 5.67. The van der Waals surface area contributed by atoms with Crippen LogP contribution in [0.3, 0.4) is 0 Å². The second-order valence-corrected chi connectivity index (χ2v) is 8.43. The van der Waals surface area contributed by atoms with Crippen molar-refractivity contribution in [3.8, 4) is 0 Å². The van der Waals surface area contributed by atoms with E-state index in [0.717, 1.165) is 9.99 Å². The summed E-state index contributed by atoms with van der Waals surface area (Å²) >= 11 is 2.32. The highest BCUT2D eigenvalue weighted by atomic mass is 127. The molecule has 2 unspecified atom stereocenters. The molecule has 1 aromatic carbocycles. The highest BCUT2D eigenvalue weighted by Crippen LogP contribution is 2.53. The van der Waals surface area contributed by atoms with Crippen molar-refractivity contribution >= 4 is 22.6 Å². The molecule has 6 atom stereocenters. The van der Waals surface area contributed by atoms with Crippen molar-refractivity contribution in [3.63, 3.8) is 0 Å². The van der Waals surface area contributed by atoms with Crippen LogP contribution in [0, 0.1) is 5.41 Å². The summed E-state index contributed by atoms with van der Waals surface area (Å²) < 4.78 is 31.7. The fraction of sp³-hybridized carbons (Fsp3) is 0.667. The summed E-state index contributed by atoms with van der Waals surface area (Å²) in [7, 11) is 0. The number of hydrogen-bond donors (Lipinski definition) is 0. The van der Waals surface area contributed by atoms with Crippen molar-refractivity contribution in [2.45, 2.75) is 64.1 Å². The maximum atomic E-state index is 6.33. The Morgan fingerprint density at radius 1 is 1.08 bits per heavy atom. The first-order valence-corrected chi connectivity index (χ1v) is 9.86. The van der Waals surface area contributed by atoms with Crippen LogP contribution < -0.4 is 0 Å². The molecule has 132 valence electrons. The van der Waals surface area contributed by atoms with Crippen LogP contribution >= 0.6 is 22.6 Å². The lowest BCUT2D eigenvalue weighted by Crippen LogP contribution is -2.64. The molecule has 0 saturated carbocycles. The first kappa shape index (κ1) is 17.2. The van der Waals surface area contributed by atoms with Gasteiger partial charge < -0.3 is 18.9 Å². The lowest BCUT2D eigenvalue weighted by Gasteiger charge is -2.48. The van der Waals surface area contributed by atoms with Gasteiger partial charge in [-0.1, -0.05) is 73.7 Å². The molecule has 0 aliphatic carbocycles. The summed E-state index contributed by atoms with van der Waals surface area (Å²) in [6.45, 7) is 6.69. The average molecular weight is 446 g/mol. The van der Waals surface area contributed by atoms with Gasteiger partial charge in [0.15, 0.2) is 6.29 Å². The summed E-state index contributed by atoms with van der Waals surface area (Å²) in [6.07, 6.45) is -1.14. The Balaban J connectivity index is 1.57. The van der Waals surface area contributed by atoms with Gasteiger partial charge in [0, 0.05) is 9.84 Å². The van der Waals surface area contributed by atoms with Gasteiger partial charge in [-0.15, -0.1) is 0 Å². The third kappa shape index (κ3) is 2.71. The molecule has 0 aromatic heterocycles. The van der Waals surface area contributed by atoms with Crippen LogP contribution in [0.15, 0.2) is 30.3 Å². The van der Waals surface area contributed by atoms with E-state index in [-0.39, 0.29) is 29.8 Å². The number of alkyl halides is 1. The Morgan fingerprint density at radius 2 is 1.79 bits per heavy atom. The van der Waals surface area contributed by atoms with E-state index in [0.29, 0.717) is 6.61 Å². The van der Waals surface area contributed by atoms with Gasteiger partial charge in [0.05, 0.1) is 12.7 Å². The summed E-state index contributed by atoms with van der Waals surface area (Å²) in [6, 6.07) is 10.1. The minimum atomic E-state index is -1.06. The molecule has 3 aliphatic rings. The third-order valence-electron chi connectivity index (χ3n) is 4.80. The van der Waals surface area contributed by atoms with E-state index in [2.05, 4.69) is 55.5 Å². The molecule has 24 heavy (non-hydrogen) atoms. The van der Waals surface area contributed by atoms with Gasteiger partial charge in [0.25, 0.3) is 5.97 Å². The summed E-state index contributed by atoms with van der Waals surface area (Å²) in [5.74, 6) is -1.06. The molecule has 0 radical (unpaired) electrons. The molecule has 0 amide bonds. The quantitative estimate of drug-likeness (QED) is 0.525. The van der Waals surface area contributed by atoms with Gasteiger partial charge >= 0.3 is 0 Å². The minimum absolute atomic E-state index is 0.0549. The monoisotopic (exact) mass is 446 g/mol.